The van der Waals surface area contributed by atoms with Gasteiger partial charge in [-0.3, -0.25) is 0 Å². The second-order valence-corrected chi connectivity index (χ2v) is 4.73. The summed E-state index contributed by atoms with van der Waals surface area (Å²) in [5.74, 6) is -0.491. The van der Waals surface area contributed by atoms with Gasteiger partial charge in [-0.2, -0.15) is 0 Å². The molecule has 2 N–H and O–H groups in total. The third-order valence-corrected chi connectivity index (χ3v) is 3.21. The average molecular weight is 268 g/mol. The van der Waals surface area contributed by atoms with Crippen molar-refractivity contribution >= 4 is 12.6 Å². The topological polar surface area (TPSA) is 58.9 Å². The Morgan fingerprint density at radius 3 is 2.84 bits per heavy atom. The number of ether oxygens (including phenoxy) is 2. The van der Waals surface area contributed by atoms with E-state index in [1.807, 2.05) is 0 Å². The van der Waals surface area contributed by atoms with E-state index in [0.717, 1.165) is 31.9 Å². The Morgan fingerprint density at radius 2 is 2.21 bits per heavy atom. The van der Waals surface area contributed by atoms with Gasteiger partial charge in [0.15, 0.2) is 0 Å². The largest absolute Gasteiger partial charge is 0.488 e. The third-order valence-electron chi connectivity index (χ3n) is 3.21. The van der Waals surface area contributed by atoms with Crippen LogP contribution in [0.15, 0.2) is 18.2 Å². The highest BCUT2D eigenvalue weighted by molar-refractivity contribution is 6.58. The van der Waals surface area contributed by atoms with Crippen molar-refractivity contribution in [3.05, 3.63) is 29.6 Å². The van der Waals surface area contributed by atoms with E-state index in [9.17, 15) is 4.39 Å². The summed E-state index contributed by atoms with van der Waals surface area (Å²) < 4.78 is 24.6. The highest BCUT2D eigenvalue weighted by atomic mass is 19.1. The quantitative estimate of drug-likeness (QED) is 0.767. The predicted octanol–water partition coefficient (Wildman–Crippen LogP) is 0.591. The van der Waals surface area contributed by atoms with Crippen molar-refractivity contribution in [3.63, 3.8) is 0 Å². The number of hydrogen-bond acceptors (Lipinski definition) is 4. The minimum absolute atomic E-state index is 0.107. The summed E-state index contributed by atoms with van der Waals surface area (Å²) >= 11 is 0. The molecule has 0 aliphatic carbocycles. The maximum Gasteiger partial charge on any atom is 0.488 e. The molecule has 0 spiro atoms. The van der Waals surface area contributed by atoms with E-state index < -0.39 is 12.9 Å². The second-order valence-electron chi connectivity index (χ2n) is 4.73. The van der Waals surface area contributed by atoms with Gasteiger partial charge in [-0.15, -0.1) is 0 Å². The highest BCUT2D eigenvalue weighted by Gasteiger charge is 2.15. The number of halogens is 1. The van der Waals surface area contributed by atoms with E-state index in [4.69, 9.17) is 19.5 Å². The van der Waals surface area contributed by atoms with Crippen LogP contribution in [-0.2, 0) is 16.1 Å². The monoisotopic (exact) mass is 268 g/mol. The van der Waals surface area contributed by atoms with E-state index in [1.165, 1.54) is 12.1 Å². The summed E-state index contributed by atoms with van der Waals surface area (Å²) in [6.45, 7) is 1.39. The van der Waals surface area contributed by atoms with E-state index in [2.05, 4.69) is 0 Å². The molecule has 2 rings (SSSR count). The van der Waals surface area contributed by atoms with Gasteiger partial charge in [0.2, 0.25) is 0 Å². The Morgan fingerprint density at radius 1 is 1.37 bits per heavy atom. The van der Waals surface area contributed by atoms with Crippen LogP contribution in [-0.4, -0.2) is 36.5 Å². The highest BCUT2D eigenvalue weighted by Crippen LogP contribution is 2.14. The van der Waals surface area contributed by atoms with Crippen molar-refractivity contribution in [2.75, 3.05) is 13.2 Å². The molecule has 104 valence electrons. The molecule has 0 amide bonds. The lowest BCUT2D eigenvalue weighted by molar-refractivity contribution is -0.0451. The SMILES string of the molecule is OB(O)c1ccc(COCC2CCCCO2)c(F)c1. The van der Waals surface area contributed by atoms with Crippen LogP contribution in [0.25, 0.3) is 0 Å². The molecular weight excluding hydrogens is 250 g/mol. The van der Waals surface area contributed by atoms with E-state index >= 15 is 0 Å². The first-order valence-electron chi connectivity index (χ1n) is 6.50. The summed E-state index contributed by atoms with van der Waals surface area (Å²) in [5, 5.41) is 17.9. The van der Waals surface area contributed by atoms with Crippen LogP contribution in [0.1, 0.15) is 24.8 Å². The van der Waals surface area contributed by atoms with Gasteiger partial charge in [0, 0.05) is 12.2 Å². The van der Waals surface area contributed by atoms with Crippen molar-refractivity contribution in [2.24, 2.45) is 0 Å². The molecule has 4 nitrogen and oxygen atoms in total. The molecular formula is C13H18BFO4. The molecule has 0 bridgehead atoms. The smallest absolute Gasteiger partial charge is 0.423 e. The molecule has 1 saturated heterocycles. The van der Waals surface area contributed by atoms with Crippen LogP contribution in [0.4, 0.5) is 4.39 Å². The van der Waals surface area contributed by atoms with Crippen LogP contribution in [0.2, 0.25) is 0 Å². The van der Waals surface area contributed by atoms with Gasteiger partial charge >= 0.3 is 7.12 Å². The van der Waals surface area contributed by atoms with E-state index in [-0.39, 0.29) is 18.2 Å². The molecule has 0 radical (unpaired) electrons. The van der Waals surface area contributed by atoms with Gasteiger partial charge in [-0.05, 0) is 30.8 Å². The van der Waals surface area contributed by atoms with Crippen molar-refractivity contribution in [1.82, 2.24) is 0 Å². The fraction of sp³-hybridized carbons (Fsp3) is 0.538. The summed E-state index contributed by atoms with van der Waals surface area (Å²) in [5.41, 5.74) is 0.539. The Bertz CT molecular complexity index is 408. The number of hydrogen-bond donors (Lipinski definition) is 2. The lowest BCUT2D eigenvalue weighted by atomic mass is 9.80. The molecule has 1 fully saturated rings. The molecule has 6 heteroatoms. The zero-order valence-electron chi connectivity index (χ0n) is 10.7. The van der Waals surface area contributed by atoms with Crippen LogP contribution >= 0.6 is 0 Å². The maximum atomic E-state index is 13.6. The molecule has 1 aliphatic heterocycles. The van der Waals surface area contributed by atoms with Gasteiger partial charge in [0.05, 0.1) is 19.3 Å². The summed E-state index contributed by atoms with van der Waals surface area (Å²) in [7, 11) is -1.65. The summed E-state index contributed by atoms with van der Waals surface area (Å²) in [6.07, 6.45) is 3.33. The van der Waals surface area contributed by atoms with E-state index in [1.54, 1.807) is 0 Å². The molecule has 0 aromatic heterocycles. The number of benzene rings is 1. The Hall–Kier alpha value is -0.945. The predicted molar refractivity (Wildman–Crippen MR) is 69.5 cm³/mol. The Kier molecular flexibility index (Phi) is 5.33. The van der Waals surface area contributed by atoms with Gasteiger partial charge < -0.3 is 19.5 Å². The zero-order chi connectivity index (χ0) is 13.7. The molecule has 1 heterocycles. The second kappa shape index (κ2) is 7.00. The molecule has 1 aromatic rings. The van der Waals surface area contributed by atoms with Gasteiger partial charge in [0.25, 0.3) is 0 Å². The average Bonchev–Trinajstić information content (AvgIpc) is 2.41. The number of rotatable bonds is 5. The lowest BCUT2D eigenvalue weighted by Crippen LogP contribution is -2.30. The zero-order valence-corrected chi connectivity index (χ0v) is 10.7. The lowest BCUT2D eigenvalue weighted by Gasteiger charge is -2.22. The summed E-state index contributed by atoms with van der Waals surface area (Å²) in [4.78, 5) is 0. The first-order valence-corrected chi connectivity index (χ1v) is 6.50. The van der Waals surface area contributed by atoms with Crippen LogP contribution in [0.5, 0.6) is 0 Å². The standard InChI is InChI=1S/C13H18BFO4/c15-13-7-11(14(16)17)5-4-10(13)8-18-9-12-3-1-2-6-19-12/h4-5,7,12,16-17H,1-3,6,8-9H2. The normalized spacial score (nSPS) is 19.4. The van der Waals surface area contributed by atoms with Crippen LogP contribution in [0, 0.1) is 5.82 Å². The molecule has 1 aliphatic rings. The van der Waals surface area contributed by atoms with Crippen LogP contribution < -0.4 is 5.46 Å². The van der Waals surface area contributed by atoms with Crippen molar-refractivity contribution in [1.29, 1.82) is 0 Å². The molecule has 19 heavy (non-hydrogen) atoms. The van der Waals surface area contributed by atoms with Crippen molar-refractivity contribution in [3.8, 4) is 0 Å². The fourth-order valence-corrected chi connectivity index (χ4v) is 2.08. The Labute approximate surface area is 112 Å². The van der Waals surface area contributed by atoms with Crippen molar-refractivity contribution < 1.29 is 23.9 Å². The minimum atomic E-state index is -1.65. The van der Waals surface area contributed by atoms with Crippen molar-refractivity contribution in [2.45, 2.75) is 32.0 Å². The first kappa shape index (κ1) is 14.5. The van der Waals surface area contributed by atoms with Gasteiger partial charge in [0.1, 0.15) is 5.82 Å². The van der Waals surface area contributed by atoms with Gasteiger partial charge in [-0.1, -0.05) is 12.1 Å². The Balaban J connectivity index is 1.82. The minimum Gasteiger partial charge on any atom is -0.423 e. The molecule has 1 atom stereocenters. The fourth-order valence-electron chi connectivity index (χ4n) is 2.08. The molecule has 0 saturated carbocycles. The molecule has 1 unspecified atom stereocenters. The first-order chi connectivity index (χ1) is 9.16. The maximum absolute atomic E-state index is 13.6. The third kappa shape index (κ3) is 4.28. The van der Waals surface area contributed by atoms with E-state index in [0.29, 0.717) is 12.2 Å². The molecule has 1 aromatic carbocycles. The van der Waals surface area contributed by atoms with Crippen LogP contribution in [0.3, 0.4) is 0 Å². The summed E-state index contributed by atoms with van der Waals surface area (Å²) in [6, 6.07) is 4.09. The van der Waals surface area contributed by atoms with Gasteiger partial charge in [-0.25, -0.2) is 4.39 Å².